The van der Waals surface area contributed by atoms with E-state index in [-0.39, 0.29) is 6.04 Å². The Morgan fingerprint density at radius 2 is 2.24 bits per heavy atom. The van der Waals surface area contributed by atoms with Crippen LogP contribution in [-0.2, 0) is 19.9 Å². The topological polar surface area (TPSA) is 56.7 Å². The normalized spacial score (nSPS) is 12.6. The van der Waals surface area contributed by atoms with Crippen molar-refractivity contribution in [1.29, 1.82) is 0 Å². The first-order chi connectivity index (χ1) is 8.20. The highest BCUT2D eigenvalue weighted by Gasteiger charge is 2.12. The van der Waals surface area contributed by atoms with Gasteiger partial charge in [0.25, 0.3) is 0 Å². The molecule has 0 bridgehead atoms. The second-order valence-electron chi connectivity index (χ2n) is 4.22. The van der Waals surface area contributed by atoms with Gasteiger partial charge in [-0.05, 0) is 29.7 Å². The van der Waals surface area contributed by atoms with Gasteiger partial charge < -0.3 is 5.73 Å². The SMILES string of the molecule is CCc1cnccc1C(N)Cc1ccn(C)n1. The number of nitrogens with two attached hydrogens (primary N) is 1. The second-order valence-corrected chi connectivity index (χ2v) is 4.22. The lowest BCUT2D eigenvalue weighted by Crippen LogP contribution is -2.16. The first kappa shape index (κ1) is 11.8. The summed E-state index contributed by atoms with van der Waals surface area (Å²) in [7, 11) is 1.92. The van der Waals surface area contributed by atoms with E-state index in [0.29, 0.717) is 0 Å². The van der Waals surface area contributed by atoms with Crippen LogP contribution in [0.2, 0.25) is 0 Å². The fourth-order valence-corrected chi connectivity index (χ4v) is 2.00. The highest BCUT2D eigenvalue weighted by atomic mass is 15.2. The van der Waals surface area contributed by atoms with E-state index in [1.165, 1.54) is 11.1 Å². The Balaban J connectivity index is 2.16. The summed E-state index contributed by atoms with van der Waals surface area (Å²) in [5, 5.41) is 4.35. The van der Waals surface area contributed by atoms with E-state index in [1.807, 2.05) is 31.6 Å². The number of aromatic nitrogens is 3. The van der Waals surface area contributed by atoms with Crippen molar-refractivity contribution in [2.75, 3.05) is 0 Å². The first-order valence-electron chi connectivity index (χ1n) is 5.87. The van der Waals surface area contributed by atoms with E-state index in [4.69, 9.17) is 5.73 Å². The Morgan fingerprint density at radius 3 is 2.88 bits per heavy atom. The van der Waals surface area contributed by atoms with E-state index >= 15 is 0 Å². The quantitative estimate of drug-likeness (QED) is 0.868. The number of aryl methyl sites for hydroxylation is 2. The summed E-state index contributed by atoms with van der Waals surface area (Å²) >= 11 is 0. The number of hydrogen-bond donors (Lipinski definition) is 1. The van der Waals surface area contributed by atoms with Gasteiger partial charge in [-0.3, -0.25) is 9.67 Å². The van der Waals surface area contributed by atoms with Gasteiger partial charge in [0.15, 0.2) is 0 Å². The Hall–Kier alpha value is -1.68. The van der Waals surface area contributed by atoms with Gasteiger partial charge in [0.2, 0.25) is 0 Å². The molecular weight excluding hydrogens is 212 g/mol. The second kappa shape index (κ2) is 5.10. The van der Waals surface area contributed by atoms with E-state index in [9.17, 15) is 0 Å². The summed E-state index contributed by atoms with van der Waals surface area (Å²) in [5.74, 6) is 0. The Morgan fingerprint density at radius 1 is 1.41 bits per heavy atom. The van der Waals surface area contributed by atoms with E-state index in [1.54, 1.807) is 10.9 Å². The molecular formula is C13H18N4. The van der Waals surface area contributed by atoms with Gasteiger partial charge in [0.1, 0.15) is 0 Å². The summed E-state index contributed by atoms with van der Waals surface area (Å²) in [4.78, 5) is 4.13. The van der Waals surface area contributed by atoms with Gasteiger partial charge in [0.05, 0.1) is 5.69 Å². The monoisotopic (exact) mass is 230 g/mol. The van der Waals surface area contributed by atoms with Gasteiger partial charge >= 0.3 is 0 Å². The zero-order valence-electron chi connectivity index (χ0n) is 10.3. The highest BCUT2D eigenvalue weighted by Crippen LogP contribution is 2.18. The van der Waals surface area contributed by atoms with Crippen LogP contribution in [0.15, 0.2) is 30.7 Å². The fourth-order valence-electron chi connectivity index (χ4n) is 2.00. The summed E-state index contributed by atoms with van der Waals surface area (Å²) in [6.45, 7) is 2.12. The van der Waals surface area contributed by atoms with Crippen LogP contribution < -0.4 is 5.73 Å². The van der Waals surface area contributed by atoms with Gasteiger partial charge in [-0.15, -0.1) is 0 Å². The van der Waals surface area contributed by atoms with Crippen molar-refractivity contribution in [2.24, 2.45) is 12.8 Å². The minimum atomic E-state index is -0.0113. The molecule has 1 unspecified atom stereocenters. The molecule has 2 aromatic rings. The van der Waals surface area contributed by atoms with Crippen molar-refractivity contribution in [3.8, 4) is 0 Å². The molecule has 0 aliphatic carbocycles. The predicted octanol–water partition coefficient (Wildman–Crippen LogP) is 1.62. The lowest BCUT2D eigenvalue weighted by molar-refractivity contribution is 0.669. The lowest BCUT2D eigenvalue weighted by Gasteiger charge is -2.14. The molecule has 4 heteroatoms. The van der Waals surface area contributed by atoms with Crippen LogP contribution in [0.4, 0.5) is 0 Å². The van der Waals surface area contributed by atoms with Gasteiger partial charge in [-0.25, -0.2) is 0 Å². The van der Waals surface area contributed by atoms with Crippen molar-refractivity contribution in [3.05, 3.63) is 47.5 Å². The molecule has 90 valence electrons. The zero-order valence-corrected chi connectivity index (χ0v) is 10.3. The van der Waals surface area contributed by atoms with Crippen LogP contribution in [-0.4, -0.2) is 14.8 Å². The van der Waals surface area contributed by atoms with E-state index < -0.39 is 0 Å². The molecule has 0 saturated heterocycles. The molecule has 0 aliphatic heterocycles. The van der Waals surface area contributed by atoms with Crippen LogP contribution in [0.25, 0.3) is 0 Å². The molecule has 4 nitrogen and oxygen atoms in total. The molecule has 2 aromatic heterocycles. The molecule has 0 saturated carbocycles. The zero-order chi connectivity index (χ0) is 12.3. The molecule has 0 amide bonds. The predicted molar refractivity (Wildman–Crippen MR) is 67.5 cm³/mol. The third-order valence-corrected chi connectivity index (χ3v) is 2.92. The van der Waals surface area contributed by atoms with E-state index in [0.717, 1.165) is 18.5 Å². The van der Waals surface area contributed by atoms with Crippen molar-refractivity contribution in [1.82, 2.24) is 14.8 Å². The fraction of sp³-hybridized carbons (Fsp3) is 0.385. The van der Waals surface area contributed by atoms with Crippen molar-refractivity contribution in [3.63, 3.8) is 0 Å². The van der Waals surface area contributed by atoms with Crippen LogP contribution in [0.3, 0.4) is 0 Å². The summed E-state index contributed by atoms with van der Waals surface area (Å²) in [6.07, 6.45) is 7.35. The molecule has 2 heterocycles. The Labute approximate surface area is 101 Å². The molecule has 0 radical (unpaired) electrons. The summed E-state index contributed by atoms with van der Waals surface area (Å²) in [5.41, 5.74) is 9.66. The van der Waals surface area contributed by atoms with Crippen LogP contribution in [0, 0.1) is 0 Å². The minimum absolute atomic E-state index is 0.0113. The minimum Gasteiger partial charge on any atom is -0.324 e. The van der Waals surface area contributed by atoms with Crippen molar-refractivity contribution in [2.45, 2.75) is 25.8 Å². The number of pyridine rings is 1. The molecule has 1 atom stereocenters. The summed E-state index contributed by atoms with van der Waals surface area (Å²) < 4.78 is 1.80. The maximum absolute atomic E-state index is 6.24. The third kappa shape index (κ3) is 2.71. The van der Waals surface area contributed by atoms with Crippen molar-refractivity contribution >= 4 is 0 Å². The van der Waals surface area contributed by atoms with E-state index in [2.05, 4.69) is 17.0 Å². The van der Waals surface area contributed by atoms with Gasteiger partial charge in [-0.2, -0.15) is 5.10 Å². The molecule has 0 aromatic carbocycles. The molecule has 0 fully saturated rings. The number of hydrogen-bond acceptors (Lipinski definition) is 3. The molecule has 17 heavy (non-hydrogen) atoms. The molecule has 0 spiro atoms. The standard InChI is InChI=1S/C13H18N4/c1-3-10-9-15-6-4-12(10)13(14)8-11-5-7-17(2)16-11/h4-7,9,13H,3,8,14H2,1-2H3. The number of rotatable bonds is 4. The Bertz CT molecular complexity index is 490. The highest BCUT2D eigenvalue weighted by molar-refractivity contribution is 5.27. The smallest absolute Gasteiger partial charge is 0.0643 e. The average Bonchev–Trinajstić information content (AvgIpc) is 2.74. The molecule has 0 aliphatic rings. The molecule has 2 N–H and O–H groups in total. The summed E-state index contributed by atoms with van der Waals surface area (Å²) in [6, 6.07) is 4.00. The largest absolute Gasteiger partial charge is 0.324 e. The molecule has 2 rings (SSSR count). The lowest BCUT2D eigenvalue weighted by atomic mass is 9.98. The average molecular weight is 230 g/mol. The first-order valence-corrected chi connectivity index (χ1v) is 5.87. The van der Waals surface area contributed by atoms with Crippen molar-refractivity contribution < 1.29 is 0 Å². The van der Waals surface area contributed by atoms with Crippen LogP contribution >= 0.6 is 0 Å². The maximum Gasteiger partial charge on any atom is 0.0643 e. The number of nitrogens with zero attached hydrogens (tertiary/aromatic N) is 3. The van der Waals surface area contributed by atoms with Crippen LogP contribution in [0.1, 0.15) is 29.8 Å². The van der Waals surface area contributed by atoms with Crippen LogP contribution in [0.5, 0.6) is 0 Å². The van der Waals surface area contributed by atoms with Gasteiger partial charge in [-0.1, -0.05) is 6.92 Å². The maximum atomic E-state index is 6.24. The Kier molecular flexibility index (Phi) is 3.54. The third-order valence-electron chi connectivity index (χ3n) is 2.92. The van der Waals surface area contributed by atoms with Gasteiger partial charge in [0, 0.05) is 38.1 Å².